The molecule has 0 rings (SSSR count). The minimum Gasteiger partial charge on any atom is -0.247 e. The predicted molar refractivity (Wildman–Crippen MR) is 48.5 cm³/mol. The summed E-state index contributed by atoms with van der Waals surface area (Å²) >= 11 is 0. The van der Waals surface area contributed by atoms with E-state index in [1.807, 2.05) is 13.8 Å². The van der Waals surface area contributed by atoms with Crippen molar-refractivity contribution in [1.29, 1.82) is 0 Å². The third-order valence-electron chi connectivity index (χ3n) is 2.06. The molecule has 0 N–H and O–H groups in total. The van der Waals surface area contributed by atoms with Crippen LogP contribution in [0.3, 0.4) is 0 Å². The van der Waals surface area contributed by atoms with E-state index in [2.05, 4.69) is 6.92 Å². The molecule has 0 fully saturated rings. The summed E-state index contributed by atoms with van der Waals surface area (Å²) in [6, 6.07) is 0. The molecule has 0 spiro atoms. The fourth-order valence-electron chi connectivity index (χ4n) is 1.10. The van der Waals surface area contributed by atoms with Crippen molar-refractivity contribution in [2.45, 2.75) is 59.0 Å². The summed E-state index contributed by atoms with van der Waals surface area (Å²) in [6.45, 7) is 6.07. The minimum atomic E-state index is -0.577. The zero-order chi connectivity index (χ0) is 8.69. The van der Waals surface area contributed by atoms with Gasteiger partial charge in [0.2, 0.25) is 0 Å². The normalized spacial score (nSPS) is 13.9. The third-order valence-corrected chi connectivity index (χ3v) is 2.06. The lowest BCUT2D eigenvalue weighted by Gasteiger charge is -2.10. The Morgan fingerprint density at radius 3 is 2.18 bits per heavy atom. The molecular formula is C10H21F. The number of unbranched alkanes of at least 4 members (excludes halogenated alkanes) is 3. The van der Waals surface area contributed by atoms with E-state index in [-0.39, 0.29) is 5.92 Å². The maximum absolute atomic E-state index is 13.0. The lowest BCUT2D eigenvalue weighted by molar-refractivity contribution is 0.234. The van der Waals surface area contributed by atoms with Crippen LogP contribution in [0.2, 0.25) is 0 Å². The average molecular weight is 160 g/mol. The number of halogens is 1. The van der Waals surface area contributed by atoms with Crippen LogP contribution >= 0.6 is 0 Å². The summed E-state index contributed by atoms with van der Waals surface area (Å²) in [5.41, 5.74) is 0. The van der Waals surface area contributed by atoms with Crippen LogP contribution in [0, 0.1) is 5.92 Å². The van der Waals surface area contributed by atoms with Gasteiger partial charge in [-0.2, -0.15) is 0 Å². The van der Waals surface area contributed by atoms with Gasteiger partial charge in [-0.25, -0.2) is 4.39 Å². The average Bonchev–Trinajstić information content (AvgIpc) is 1.97. The van der Waals surface area contributed by atoms with E-state index in [1.54, 1.807) is 0 Å². The Hall–Kier alpha value is -0.0700. The highest BCUT2D eigenvalue weighted by atomic mass is 19.1. The third kappa shape index (κ3) is 6.33. The van der Waals surface area contributed by atoms with Gasteiger partial charge in [0.1, 0.15) is 6.17 Å². The molecule has 1 atom stereocenters. The Morgan fingerprint density at radius 2 is 1.73 bits per heavy atom. The molecule has 0 amide bonds. The molecule has 0 aliphatic heterocycles. The Bertz CT molecular complexity index is 78.9. The Kier molecular flexibility index (Phi) is 6.59. The summed E-state index contributed by atoms with van der Waals surface area (Å²) in [6.07, 6.45) is 4.93. The quantitative estimate of drug-likeness (QED) is 0.516. The van der Waals surface area contributed by atoms with Crippen molar-refractivity contribution in [1.82, 2.24) is 0 Å². The van der Waals surface area contributed by atoms with Gasteiger partial charge in [-0.05, 0) is 12.3 Å². The first-order valence-electron chi connectivity index (χ1n) is 4.82. The van der Waals surface area contributed by atoms with E-state index >= 15 is 0 Å². The highest BCUT2D eigenvalue weighted by Crippen LogP contribution is 2.14. The van der Waals surface area contributed by atoms with Crippen LogP contribution in [-0.4, -0.2) is 6.17 Å². The maximum atomic E-state index is 13.0. The highest BCUT2D eigenvalue weighted by Gasteiger charge is 2.09. The lowest BCUT2D eigenvalue weighted by Crippen LogP contribution is -2.08. The van der Waals surface area contributed by atoms with E-state index in [4.69, 9.17) is 0 Å². The van der Waals surface area contributed by atoms with Gasteiger partial charge in [0, 0.05) is 0 Å². The Morgan fingerprint density at radius 1 is 1.09 bits per heavy atom. The van der Waals surface area contributed by atoms with Crippen molar-refractivity contribution in [2.75, 3.05) is 0 Å². The molecule has 0 aromatic carbocycles. The molecular weight excluding hydrogens is 139 g/mol. The molecule has 0 heterocycles. The monoisotopic (exact) mass is 160 g/mol. The van der Waals surface area contributed by atoms with Crippen molar-refractivity contribution in [3.05, 3.63) is 0 Å². The molecule has 1 heteroatoms. The fourth-order valence-corrected chi connectivity index (χ4v) is 1.10. The summed E-state index contributed by atoms with van der Waals surface area (Å²) in [7, 11) is 0. The molecule has 0 aromatic heterocycles. The molecule has 0 bridgehead atoms. The van der Waals surface area contributed by atoms with Crippen LogP contribution < -0.4 is 0 Å². The SMILES string of the molecule is CCCCCCC(F)C(C)C. The fraction of sp³-hybridized carbons (Fsp3) is 1.00. The lowest BCUT2D eigenvalue weighted by atomic mass is 10.0. The molecule has 0 radical (unpaired) electrons. The number of hydrogen-bond acceptors (Lipinski definition) is 0. The van der Waals surface area contributed by atoms with Gasteiger partial charge < -0.3 is 0 Å². The number of hydrogen-bond donors (Lipinski definition) is 0. The second-order valence-corrected chi connectivity index (χ2v) is 3.61. The van der Waals surface area contributed by atoms with Gasteiger partial charge in [-0.3, -0.25) is 0 Å². The van der Waals surface area contributed by atoms with Crippen LogP contribution in [0.5, 0.6) is 0 Å². The van der Waals surface area contributed by atoms with Crippen molar-refractivity contribution in [3.63, 3.8) is 0 Å². The van der Waals surface area contributed by atoms with Crippen LogP contribution in [0.4, 0.5) is 4.39 Å². The van der Waals surface area contributed by atoms with Crippen molar-refractivity contribution >= 4 is 0 Å². The molecule has 0 aliphatic rings. The summed E-state index contributed by atoms with van der Waals surface area (Å²) in [5.74, 6) is 0.205. The molecule has 11 heavy (non-hydrogen) atoms. The van der Waals surface area contributed by atoms with Gasteiger partial charge in [0.25, 0.3) is 0 Å². The zero-order valence-corrected chi connectivity index (χ0v) is 8.07. The molecule has 0 aliphatic carbocycles. The molecule has 1 unspecified atom stereocenters. The minimum absolute atomic E-state index is 0.205. The van der Waals surface area contributed by atoms with E-state index in [0.717, 1.165) is 12.8 Å². The van der Waals surface area contributed by atoms with Crippen molar-refractivity contribution < 1.29 is 4.39 Å². The van der Waals surface area contributed by atoms with Gasteiger partial charge >= 0.3 is 0 Å². The van der Waals surface area contributed by atoms with Crippen molar-refractivity contribution in [3.8, 4) is 0 Å². The largest absolute Gasteiger partial charge is 0.247 e. The molecule has 0 aromatic rings. The van der Waals surface area contributed by atoms with Crippen LogP contribution in [0.15, 0.2) is 0 Å². The standard InChI is InChI=1S/C10H21F/c1-4-5-6-7-8-10(11)9(2)3/h9-10H,4-8H2,1-3H3. The van der Waals surface area contributed by atoms with Gasteiger partial charge in [-0.1, -0.05) is 46.5 Å². The van der Waals surface area contributed by atoms with Crippen LogP contribution in [0.1, 0.15) is 52.9 Å². The first-order valence-corrected chi connectivity index (χ1v) is 4.82. The smallest absolute Gasteiger partial charge is 0.102 e. The van der Waals surface area contributed by atoms with Crippen LogP contribution in [-0.2, 0) is 0 Å². The predicted octanol–water partition coefficient (Wildman–Crippen LogP) is 3.95. The maximum Gasteiger partial charge on any atom is 0.102 e. The topological polar surface area (TPSA) is 0 Å². The molecule has 68 valence electrons. The molecule has 0 nitrogen and oxygen atoms in total. The zero-order valence-electron chi connectivity index (χ0n) is 8.07. The molecule has 0 saturated carbocycles. The van der Waals surface area contributed by atoms with Gasteiger partial charge in [0.05, 0.1) is 0 Å². The van der Waals surface area contributed by atoms with E-state index in [9.17, 15) is 4.39 Å². The second-order valence-electron chi connectivity index (χ2n) is 3.61. The highest BCUT2D eigenvalue weighted by molar-refractivity contribution is 4.59. The number of alkyl halides is 1. The number of rotatable bonds is 6. The van der Waals surface area contributed by atoms with Crippen molar-refractivity contribution in [2.24, 2.45) is 5.92 Å². The first kappa shape index (κ1) is 10.9. The summed E-state index contributed by atoms with van der Waals surface area (Å²) < 4.78 is 13.0. The van der Waals surface area contributed by atoms with E-state index in [1.165, 1.54) is 19.3 Å². The molecule has 0 saturated heterocycles. The Labute approximate surface area is 70.2 Å². The van der Waals surface area contributed by atoms with Gasteiger partial charge in [-0.15, -0.1) is 0 Å². The van der Waals surface area contributed by atoms with E-state index in [0.29, 0.717) is 0 Å². The second kappa shape index (κ2) is 6.63. The Balaban J connectivity index is 3.10. The summed E-state index contributed by atoms with van der Waals surface area (Å²) in [4.78, 5) is 0. The van der Waals surface area contributed by atoms with Gasteiger partial charge in [0.15, 0.2) is 0 Å². The van der Waals surface area contributed by atoms with Crippen LogP contribution in [0.25, 0.3) is 0 Å². The van der Waals surface area contributed by atoms with E-state index < -0.39 is 6.17 Å². The summed E-state index contributed by atoms with van der Waals surface area (Å²) in [5, 5.41) is 0. The first-order chi connectivity index (χ1) is 5.18.